The molecule has 2 rings (SSSR count). The lowest BCUT2D eigenvalue weighted by atomic mass is 10.4. The van der Waals surface area contributed by atoms with Crippen molar-refractivity contribution >= 4 is 33.4 Å². The number of amides is 2. The molecule has 2 heterocycles. The van der Waals surface area contributed by atoms with E-state index in [1.165, 1.54) is 0 Å². The van der Waals surface area contributed by atoms with Crippen LogP contribution >= 0.6 is 11.3 Å². The van der Waals surface area contributed by atoms with Gasteiger partial charge in [0.1, 0.15) is 5.69 Å². The minimum atomic E-state index is -0.212. The number of aromatic nitrogens is 1. The second-order valence-electron chi connectivity index (χ2n) is 4.08. The number of hydrogen-bond donors (Lipinski definition) is 2. The number of nitrogens with one attached hydrogen (secondary N) is 2. The highest BCUT2D eigenvalue weighted by atomic mass is 32.1. The zero-order valence-corrected chi connectivity index (χ0v) is 11.8. The van der Waals surface area contributed by atoms with Gasteiger partial charge in [0.05, 0.1) is 16.8 Å². The van der Waals surface area contributed by atoms with Gasteiger partial charge in [0, 0.05) is 13.1 Å². The monoisotopic (exact) mass is 279 g/mol. The van der Waals surface area contributed by atoms with E-state index in [-0.39, 0.29) is 18.4 Å². The predicted molar refractivity (Wildman–Crippen MR) is 76.5 cm³/mol. The molecule has 19 heavy (non-hydrogen) atoms. The fourth-order valence-electron chi connectivity index (χ4n) is 2.02. The van der Waals surface area contributed by atoms with E-state index in [9.17, 15) is 9.59 Å². The first kappa shape index (κ1) is 13.6. The van der Waals surface area contributed by atoms with Gasteiger partial charge in [-0.3, -0.25) is 9.59 Å². The van der Waals surface area contributed by atoms with E-state index in [1.54, 1.807) is 11.3 Å². The number of carbonyl (C=O) groups is 2. The van der Waals surface area contributed by atoms with E-state index in [4.69, 9.17) is 0 Å². The summed E-state index contributed by atoms with van der Waals surface area (Å²) in [6.45, 7) is 5.14. The molecule has 0 aromatic carbocycles. The van der Waals surface area contributed by atoms with Crippen molar-refractivity contribution in [2.75, 3.05) is 13.1 Å². The molecule has 2 N–H and O–H groups in total. The Hall–Kier alpha value is -1.82. The van der Waals surface area contributed by atoms with Crippen LogP contribution < -0.4 is 10.6 Å². The van der Waals surface area contributed by atoms with Gasteiger partial charge >= 0.3 is 0 Å². The average Bonchev–Trinajstić information content (AvgIpc) is 2.95. The second-order valence-corrected chi connectivity index (χ2v) is 5.03. The van der Waals surface area contributed by atoms with Gasteiger partial charge < -0.3 is 15.2 Å². The molecule has 0 fully saturated rings. The van der Waals surface area contributed by atoms with Crippen LogP contribution in [0, 0.1) is 0 Å². The molecular formula is C13H17N3O2S. The van der Waals surface area contributed by atoms with E-state index < -0.39 is 0 Å². The summed E-state index contributed by atoms with van der Waals surface area (Å²) in [5.74, 6) is -0.385. The van der Waals surface area contributed by atoms with Crippen molar-refractivity contribution in [3.05, 3.63) is 23.2 Å². The summed E-state index contributed by atoms with van der Waals surface area (Å²) in [6, 6.07) is 3.88. The Balaban J connectivity index is 2.12. The van der Waals surface area contributed by atoms with Crippen molar-refractivity contribution < 1.29 is 9.59 Å². The van der Waals surface area contributed by atoms with Crippen molar-refractivity contribution in [3.63, 3.8) is 0 Å². The van der Waals surface area contributed by atoms with Gasteiger partial charge in [0.15, 0.2) is 0 Å². The quantitative estimate of drug-likeness (QED) is 0.873. The minimum absolute atomic E-state index is 0.00914. The Labute approximate surface area is 115 Å². The summed E-state index contributed by atoms with van der Waals surface area (Å²) in [7, 11) is 0. The number of fused-ring (bicyclic) bond motifs is 1. The summed E-state index contributed by atoms with van der Waals surface area (Å²) in [5, 5.41) is 7.29. The van der Waals surface area contributed by atoms with Crippen molar-refractivity contribution in [1.29, 1.82) is 0 Å². The number of hydrogen-bond acceptors (Lipinski definition) is 3. The third kappa shape index (κ3) is 2.78. The van der Waals surface area contributed by atoms with Gasteiger partial charge in [-0.05, 0) is 31.4 Å². The van der Waals surface area contributed by atoms with Gasteiger partial charge in [-0.25, -0.2) is 0 Å². The zero-order valence-electron chi connectivity index (χ0n) is 11.0. The number of likely N-dealkylation sites (N-methyl/N-ethyl adjacent to an activating group) is 1. The first-order chi connectivity index (χ1) is 9.17. The molecule has 102 valence electrons. The fraction of sp³-hybridized carbons (Fsp3) is 0.385. The molecule has 0 radical (unpaired) electrons. The Morgan fingerprint density at radius 1 is 1.32 bits per heavy atom. The van der Waals surface area contributed by atoms with Crippen LogP contribution in [-0.2, 0) is 11.3 Å². The van der Waals surface area contributed by atoms with Gasteiger partial charge in [0.2, 0.25) is 5.91 Å². The van der Waals surface area contributed by atoms with Crippen LogP contribution in [0.2, 0.25) is 0 Å². The topological polar surface area (TPSA) is 63.1 Å². The highest BCUT2D eigenvalue weighted by Gasteiger charge is 2.15. The van der Waals surface area contributed by atoms with Gasteiger partial charge in [-0.1, -0.05) is 0 Å². The molecule has 0 aliphatic heterocycles. The molecule has 0 aliphatic carbocycles. The van der Waals surface area contributed by atoms with Crippen LogP contribution in [0.1, 0.15) is 24.3 Å². The van der Waals surface area contributed by atoms with Gasteiger partial charge in [0.25, 0.3) is 5.91 Å². The number of rotatable bonds is 5. The van der Waals surface area contributed by atoms with Crippen molar-refractivity contribution in [2.45, 2.75) is 20.4 Å². The Morgan fingerprint density at radius 2 is 2.11 bits per heavy atom. The minimum Gasteiger partial charge on any atom is -0.355 e. The SMILES string of the molecule is CCNC(=O)CNC(=O)c1cc2sccc2n1CC. The lowest BCUT2D eigenvalue weighted by Crippen LogP contribution is -2.37. The molecule has 2 aromatic rings. The molecule has 0 aliphatic rings. The third-order valence-electron chi connectivity index (χ3n) is 2.86. The molecule has 0 saturated carbocycles. The number of carbonyl (C=O) groups excluding carboxylic acids is 2. The lowest BCUT2D eigenvalue weighted by molar-refractivity contribution is -0.120. The maximum absolute atomic E-state index is 12.1. The summed E-state index contributed by atoms with van der Waals surface area (Å²) in [4.78, 5) is 23.4. The van der Waals surface area contributed by atoms with Gasteiger partial charge in [-0.15, -0.1) is 11.3 Å². The van der Waals surface area contributed by atoms with Crippen LogP contribution in [0.15, 0.2) is 17.5 Å². The molecule has 6 heteroatoms. The van der Waals surface area contributed by atoms with Crippen LogP contribution in [0.3, 0.4) is 0 Å². The first-order valence-corrected chi connectivity index (χ1v) is 7.17. The first-order valence-electron chi connectivity index (χ1n) is 6.29. The number of thiophene rings is 1. The van der Waals surface area contributed by atoms with Crippen LogP contribution in [0.5, 0.6) is 0 Å². The lowest BCUT2D eigenvalue weighted by Gasteiger charge is -2.08. The molecule has 2 amide bonds. The van der Waals surface area contributed by atoms with E-state index in [0.29, 0.717) is 12.2 Å². The normalized spacial score (nSPS) is 10.6. The summed E-state index contributed by atoms with van der Waals surface area (Å²) >= 11 is 1.61. The maximum Gasteiger partial charge on any atom is 0.268 e. The molecule has 0 bridgehead atoms. The largest absolute Gasteiger partial charge is 0.355 e. The predicted octanol–water partition coefficient (Wildman–Crippen LogP) is 1.59. The van der Waals surface area contributed by atoms with E-state index >= 15 is 0 Å². The fourth-order valence-corrected chi connectivity index (χ4v) is 2.84. The highest BCUT2D eigenvalue weighted by Crippen LogP contribution is 2.25. The molecule has 0 unspecified atom stereocenters. The van der Waals surface area contributed by atoms with Crippen LogP contribution in [0.4, 0.5) is 0 Å². The molecule has 0 spiro atoms. The molecular weight excluding hydrogens is 262 g/mol. The molecule has 0 atom stereocenters. The van der Waals surface area contributed by atoms with Crippen LogP contribution in [0.25, 0.3) is 10.2 Å². The molecule has 5 nitrogen and oxygen atoms in total. The summed E-state index contributed by atoms with van der Waals surface area (Å²) in [5.41, 5.74) is 1.67. The van der Waals surface area contributed by atoms with E-state index in [0.717, 1.165) is 16.8 Å². The number of aryl methyl sites for hydroxylation is 1. The number of nitrogens with zero attached hydrogens (tertiary/aromatic N) is 1. The van der Waals surface area contributed by atoms with Crippen molar-refractivity contribution in [2.24, 2.45) is 0 Å². The zero-order chi connectivity index (χ0) is 13.8. The summed E-state index contributed by atoms with van der Waals surface area (Å²) < 4.78 is 3.05. The van der Waals surface area contributed by atoms with Gasteiger partial charge in [-0.2, -0.15) is 0 Å². The second kappa shape index (κ2) is 5.88. The van der Waals surface area contributed by atoms with E-state index in [2.05, 4.69) is 10.6 Å². The van der Waals surface area contributed by atoms with Crippen molar-refractivity contribution in [1.82, 2.24) is 15.2 Å². The van der Waals surface area contributed by atoms with E-state index in [1.807, 2.05) is 35.9 Å². The Bertz CT molecular complexity index is 600. The Kier molecular flexibility index (Phi) is 4.21. The third-order valence-corrected chi connectivity index (χ3v) is 3.71. The maximum atomic E-state index is 12.1. The molecule has 0 saturated heterocycles. The average molecular weight is 279 g/mol. The summed E-state index contributed by atoms with van der Waals surface area (Å²) in [6.07, 6.45) is 0. The van der Waals surface area contributed by atoms with Crippen LogP contribution in [-0.4, -0.2) is 29.5 Å². The highest BCUT2D eigenvalue weighted by molar-refractivity contribution is 7.17. The standard InChI is InChI=1S/C13H17N3O2S/c1-3-14-12(17)8-15-13(18)10-7-11-9(5-6-19-11)16(10)4-2/h5-7H,3-4,8H2,1-2H3,(H,14,17)(H,15,18). The molecule has 2 aromatic heterocycles. The van der Waals surface area contributed by atoms with Crippen molar-refractivity contribution in [3.8, 4) is 0 Å². The smallest absolute Gasteiger partial charge is 0.268 e. The Morgan fingerprint density at radius 3 is 2.79 bits per heavy atom.